The van der Waals surface area contributed by atoms with Gasteiger partial charge in [-0.1, -0.05) is 28.1 Å². The van der Waals surface area contributed by atoms with Crippen molar-refractivity contribution in [2.45, 2.75) is 6.42 Å². The predicted octanol–water partition coefficient (Wildman–Crippen LogP) is 3.07. The quantitative estimate of drug-likeness (QED) is 0.940. The number of thiazole rings is 1. The number of nitrogens with zero attached hydrogens (tertiary/aromatic N) is 1. The summed E-state index contributed by atoms with van der Waals surface area (Å²) in [6, 6.07) is 8.18. The fourth-order valence-corrected chi connectivity index (χ4v) is 2.42. The Balaban J connectivity index is 2.25. The Hall–Kier alpha value is -0.710. The second-order valence-electron chi connectivity index (χ2n) is 3.19. The third kappa shape index (κ3) is 2.65. The molecule has 0 bridgehead atoms. The molecular weight excluding hydrogens is 272 g/mol. The van der Waals surface area contributed by atoms with Crippen LogP contribution >= 0.6 is 27.3 Å². The lowest BCUT2D eigenvalue weighted by Gasteiger charge is -1.95. The van der Waals surface area contributed by atoms with E-state index in [0.717, 1.165) is 27.2 Å². The van der Waals surface area contributed by atoms with Crippen LogP contribution in [0.3, 0.4) is 0 Å². The fraction of sp³-hybridized carbons (Fsp3) is 0.182. The summed E-state index contributed by atoms with van der Waals surface area (Å²) in [5.41, 5.74) is 7.73. The van der Waals surface area contributed by atoms with Crippen LogP contribution < -0.4 is 5.73 Å². The monoisotopic (exact) mass is 282 g/mol. The van der Waals surface area contributed by atoms with Crippen LogP contribution in [0.1, 0.15) is 5.69 Å². The lowest BCUT2D eigenvalue weighted by atomic mass is 10.2. The molecule has 1 aromatic carbocycles. The van der Waals surface area contributed by atoms with Crippen LogP contribution in [-0.4, -0.2) is 11.5 Å². The standard InChI is InChI=1S/C11H11BrN2S/c12-9-3-1-8(2-4-9)11-14-10(5-6-13)7-15-11/h1-4,7H,5-6,13H2. The molecule has 0 fully saturated rings. The van der Waals surface area contributed by atoms with Gasteiger partial charge in [-0.05, 0) is 18.7 Å². The first-order valence-electron chi connectivity index (χ1n) is 4.70. The second-order valence-corrected chi connectivity index (χ2v) is 4.96. The van der Waals surface area contributed by atoms with Crippen LogP contribution in [0, 0.1) is 0 Å². The van der Waals surface area contributed by atoms with E-state index in [1.54, 1.807) is 11.3 Å². The smallest absolute Gasteiger partial charge is 0.123 e. The van der Waals surface area contributed by atoms with Crippen molar-refractivity contribution in [2.24, 2.45) is 5.73 Å². The van der Waals surface area contributed by atoms with Gasteiger partial charge in [-0.2, -0.15) is 0 Å². The van der Waals surface area contributed by atoms with Gasteiger partial charge in [0.05, 0.1) is 5.69 Å². The van der Waals surface area contributed by atoms with Gasteiger partial charge in [0.25, 0.3) is 0 Å². The third-order valence-corrected chi connectivity index (χ3v) is 3.51. The molecule has 0 amide bonds. The van der Waals surface area contributed by atoms with E-state index in [1.165, 1.54) is 0 Å². The minimum absolute atomic E-state index is 0.656. The maximum atomic E-state index is 5.49. The van der Waals surface area contributed by atoms with E-state index < -0.39 is 0 Å². The van der Waals surface area contributed by atoms with Gasteiger partial charge in [-0.3, -0.25) is 0 Å². The Kier molecular flexibility index (Phi) is 3.51. The number of hydrogen-bond donors (Lipinski definition) is 1. The molecule has 0 aliphatic heterocycles. The summed E-state index contributed by atoms with van der Waals surface area (Å²) in [5.74, 6) is 0. The zero-order valence-corrected chi connectivity index (χ0v) is 10.5. The van der Waals surface area contributed by atoms with Gasteiger partial charge in [0.15, 0.2) is 0 Å². The van der Waals surface area contributed by atoms with Crippen LogP contribution in [0.15, 0.2) is 34.1 Å². The highest BCUT2D eigenvalue weighted by Crippen LogP contribution is 2.25. The first-order chi connectivity index (χ1) is 7.29. The summed E-state index contributed by atoms with van der Waals surface area (Å²) >= 11 is 5.08. The van der Waals surface area contributed by atoms with Crippen LogP contribution in [0.5, 0.6) is 0 Å². The topological polar surface area (TPSA) is 38.9 Å². The van der Waals surface area contributed by atoms with Crippen LogP contribution in [0.2, 0.25) is 0 Å². The zero-order chi connectivity index (χ0) is 10.7. The van der Waals surface area contributed by atoms with Gasteiger partial charge in [0.2, 0.25) is 0 Å². The molecule has 4 heteroatoms. The average molecular weight is 283 g/mol. The van der Waals surface area contributed by atoms with Gasteiger partial charge in [0.1, 0.15) is 5.01 Å². The van der Waals surface area contributed by atoms with Gasteiger partial charge in [-0.15, -0.1) is 11.3 Å². The SMILES string of the molecule is NCCc1csc(-c2ccc(Br)cc2)n1. The summed E-state index contributed by atoms with van der Waals surface area (Å²) in [7, 11) is 0. The Labute approximate surface area is 101 Å². The van der Waals surface area contributed by atoms with E-state index in [2.05, 4.69) is 38.4 Å². The van der Waals surface area contributed by atoms with E-state index in [1.807, 2.05) is 12.1 Å². The Morgan fingerprint density at radius 2 is 2.00 bits per heavy atom. The van der Waals surface area contributed by atoms with Crippen LogP contribution in [-0.2, 0) is 6.42 Å². The van der Waals surface area contributed by atoms with Crippen molar-refractivity contribution in [1.29, 1.82) is 0 Å². The van der Waals surface area contributed by atoms with Crippen molar-refractivity contribution >= 4 is 27.3 Å². The van der Waals surface area contributed by atoms with E-state index in [-0.39, 0.29) is 0 Å². The minimum Gasteiger partial charge on any atom is -0.330 e. The van der Waals surface area contributed by atoms with E-state index in [9.17, 15) is 0 Å². The molecular formula is C11H11BrN2S. The molecule has 0 saturated carbocycles. The van der Waals surface area contributed by atoms with Crippen molar-refractivity contribution in [3.05, 3.63) is 39.8 Å². The Morgan fingerprint density at radius 3 is 2.67 bits per heavy atom. The average Bonchev–Trinajstić information content (AvgIpc) is 2.68. The molecule has 78 valence electrons. The number of nitrogens with two attached hydrogens (primary N) is 1. The summed E-state index contributed by atoms with van der Waals surface area (Å²) in [4.78, 5) is 4.52. The summed E-state index contributed by atoms with van der Waals surface area (Å²) in [6.45, 7) is 0.656. The molecule has 1 aromatic heterocycles. The number of rotatable bonds is 3. The minimum atomic E-state index is 0.656. The maximum absolute atomic E-state index is 5.49. The van der Waals surface area contributed by atoms with Crippen molar-refractivity contribution in [3.8, 4) is 10.6 Å². The van der Waals surface area contributed by atoms with Gasteiger partial charge in [0, 0.05) is 21.8 Å². The lowest BCUT2D eigenvalue weighted by molar-refractivity contribution is 0.936. The number of halogens is 1. The predicted molar refractivity (Wildman–Crippen MR) is 68.0 cm³/mol. The molecule has 2 rings (SSSR count). The van der Waals surface area contributed by atoms with Gasteiger partial charge in [-0.25, -0.2) is 4.98 Å². The number of benzene rings is 1. The maximum Gasteiger partial charge on any atom is 0.123 e. The van der Waals surface area contributed by atoms with E-state index >= 15 is 0 Å². The summed E-state index contributed by atoms with van der Waals surface area (Å²) < 4.78 is 1.09. The molecule has 0 spiro atoms. The largest absolute Gasteiger partial charge is 0.330 e. The molecule has 0 radical (unpaired) electrons. The Bertz CT molecular complexity index is 436. The van der Waals surface area contributed by atoms with Crippen LogP contribution in [0.4, 0.5) is 0 Å². The molecule has 15 heavy (non-hydrogen) atoms. The number of aromatic nitrogens is 1. The highest BCUT2D eigenvalue weighted by Gasteiger charge is 2.03. The molecule has 0 aliphatic carbocycles. The van der Waals surface area contributed by atoms with Crippen molar-refractivity contribution in [2.75, 3.05) is 6.54 Å². The molecule has 2 N–H and O–H groups in total. The molecule has 2 nitrogen and oxygen atoms in total. The molecule has 0 atom stereocenters. The Morgan fingerprint density at radius 1 is 1.27 bits per heavy atom. The first-order valence-corrected chi connectivity index (χ1v) is 6.37. The fourth-order valence-electron chi connectivity index (χ4n) is 1.29. The summed E-state index contributed by atoms with van der Waals surface area (Å²) in [6.07, 6.45) is 0.854. The molecule has 0 aliphatic rings. The summed E-state index contributed by atoms with van der Waals surface area (Å²) in [5, 5.41) is 3.13. The normalized spacial score (nSPS) is 10.5. The van der Waals surface area contributed by atoms with Crippen LogP contribution in [0.25, 0.3) is 10.6 Å². The van der Waals surface area contributed by atoms with Crippen molar-refractivity contribution in [1.82, 2.24) is 4.98 Å². The molecule has 1 heterocycles. The highest BCUT2D eigenvalue weighted by atomic mass is 79.9. The first kappa shape index (κ1) is 10.8. The van der Waals surface area contributed by atoms with E-state index in [0.29, 0.717) is 6.54 Å². The molecule has 0 unspecified atom stereocenters. The highest BCUT2D eigenvalue weighted by molar-refractivity contribution is 9.10. The van der Waals surface area contributed by atoms with Gasteiger partial charge < -0.3 is 5.73 Å². The van der Waals surface area contributed by atoms with E-state index in [4.69, 9.17) is 5.73 Å². The zero-order valence-electron chi connectivity index (χ0n) is 8.11. The second kappa shape index (κ2) is 4.88. The molecule has 2 aromatic rings. The third-order valence-electron chi connectivity index (χ3n) is 2.04. The van der Waals surface area contributed by atoms with Crippen molar-refractivity contribution < 1.29 is 0 Å². The lowest BCUT2D eigenvalue weighted by Crippen LogP contribution is -2.02. The van der Waals surface area contributed by atoms with Crippen molar-refractivity contribution in [3.63, 3.8) is 0 Å². The van der Waals surface area contributed by atoms with Gasteiger partial charge >= 0.3 is 0 Å². The molecule has 0 saturated heterocycles. The number of hydrogen-bond acceptors (Lipinski definition) is 3.